The molecule has 2 N–H and O–H groups in total. The van der Waals surface area contributed by atoms with Crippen LogP contribution >= 0.6 is 0 Å². The van der Waals surface area contributed by atoms with E-state index in [0.29, 0.717) is 5.56 Å². The predicted molar refractivity (Wildman–Crippen MR) is 98.3 cm³/mol. The summed E-state index contributed by atoms with van der Waals surface area (Å²) in [5, 5.41) is 0. The zero-order valence-electron chi connectivity index (χ0n) is 14.5. The maximum atomic E-state index is 13.5. The molecular formula is C21H15F3N2O2. The predicted octanol–water partition coefficient (Wildman–Crippen LogP) is 4.45. The second-order valence-corrected chi connectivity index (χ2v) is 5.87. The summed E-state index contributed by atoms with van der Waals surface area (Å²) in [5.41, 5.74) is 3.41. The van der Waals surface area contributed by atoms with Gasteiger partial charge in [-0.15, -0.1) is 0 Å². The monoisotopic (exact) mass is 384 g/mol. The van der Waals surface area contributed by atoms with E-state index in [4.69, 9.17) is 0 Å². The lowest BCUT2D eigenvalue weighted by atomic mass is 9.94. The van der Waals surface area contributed by atoms with Crippen LogP contribution in [0.1, 0.15) is 26.3 Å². The van der Waals surface area contributed by atoms with Gasteiger partial charge in [-0.05, 0) is 29.3 Å². The van der Waals surface area contributed by atoms with Gasteiger partial charge in [-0.25, -0.2) is 0 Å². The molecule has 0 aliphatic carbocycles. The minimum Gasteiger partial charge on any atom is -0.267 e. The van der Waals surface area contributed by atoms with Gasteiger partial charge in [0.2, 0.25) is 0 Å². The van der Waals surface area contributed by atoms with Crippen molar-refractivity contribution < 1.29 is 22.8 Å². The second-order valence-electron chi connectivity index (χ2n) is 5.87. The molecule has 0 heterocycles. The molecule has 3 aromatic carbocycles. The summed E-state index contributed by atoms with van der Waals surface area (Å²) in [6, 6.07) is 19.8. The molecule has 0 radical (unpaired) electrons. The van der Waals surface area contributed by atoms with E-state index in [0.717, 1.165) is 6.07 Å². The Kier molecular flexibility index (Phi) is 5.44. The van der Waals surface area contributed by atoms with Crippen molar-refractivity contribution in [3.8, 4) is 11.1 Å². The summed E-state index contributed by atoms with van der Waals surface area (Å²) in [6.07, 6.45) is -4.74. The highest BCUT2D eigenvalue weighted by atomic mass is 19.4. The van der Waals surface area contributed by atoms with Crippen molar-refractivity contribution >= 4 is 11.8 Å². The van der Waals surface area contributed by atoms with Crippen LogP contribution in [-0.4, -0.2) is 11.8 Å². The van der Waals surface area contributed by atoms with Gasteiger partial charge in [0.1, 0.15) is 0 Å². The van der Waals surface area contributed by atoms with Crippen molar-refractivity contribution in [3.63, 3.8) is 0 Å². The fourth-order valence-corrected chi connectivity index (χ4v) is 2.73. The van der Waals surface area contributed by atoms with E-state index in [1.54, 1.807) is 48.5 Å². The molecule has 0 bridgehead atoms. The van der Waals surface area contributed by atoms with Gasteiger partial charge < -0.3 is 0 Å². The normalized spacial score (nSPS) is 11.0. The SMILES string of the molecule is O=C(NNC(=O)c1c(-c2ccccc2)cccc1C(F)(F)F)c1ccccc1. The number of rotatable bonds is 3. The van der Waals surface area contributed by atoms with E-state index in [1.807, 2.05) is 0 Å². The van der Waals surface area contributed by atoms with Gasteiger partial charge >= 0.3 is 6.18 Å². The molecule has 3 aromatic rings. The van der Waals surface area contributed by atoms with Crippen molar-refractivity contribution in [1.29, 1.82) is 0 Å². The van der Waals surface area contributed by atoms with Gasteiger partial charge in [0, 0.05) is 5.56 Å². The van der Waals surface area contributed by atoms with Crippen LogP contribution in [0.15, 0.2) is 78.9 Å². The van der Waals surface area contributed by atoms with Crippen LogP contribution in [0.2, 0.25) is 0 Å². The molecule has 0 saturated carbocycles. The Morgan fingerprint density at radius 2 is 1.25 bits per heavy atom. The quantitative estimate of drug-likeness (QED) is 0.656. The van der Waals surface area contributed by atoms with Crippen molar-refractivity contribution in [2.75, 3.05) is 0 Å². The number of amides is 2. The molecule has 0 unspecified atom stereocenters. The number of nitrogens with one attached hydrogen (secondary N) is 2. The number of hydrogen-bond donors (Lipinski definition) is 2. The third kappa shape index (κ3) is 4.20. The van der Waals surface area contributed by atoms with E-state index in [2.05, 4.69) is 10.9 Å². The average molecular weight is 384 g/mol. The van der Waals surface area contributed by atoms with E-state index in [9.17, 15) is 22.8 Å². The summed E-state index contributed by atoms with van der Waals surface area (Å²) < 4.78 is 40.5. The number of carbonyl (C=O) groups is 2. The smallest absolute Gasteiger partial charge is 0.267 e. The van der Waals surface area contributed by atoms with Gasteiger partial charge in [0.25, 0.3) is 11.8 Å². The largest absolute Gasteiger partial charge is 0.417 e. The third-order valence-corrected chi connectivity index (χ3v) is 4.01. The Balaban J connectivity index is 1.95. The zero-order chi connectivity index (χ0) is 20.1. The van der Waals surface area contributed by atoms with Crippen LogP contribution < -0.4 is 10.9 Å². The minimum absolute atomic E-state index is 0.113. The maximum absolute atomic E-state index is 13.5. The van der Waals surface area contributed by atoms with Gasteiger partial charge in [0.15, 0.2) is 0 Å². The Bertz CT molecular complexity index is 988. The number of alkyl halides is 3. The van der Waals surface area contributed by atoms with Gasteiger partial charge in [0.05, 0.1) is 11.1 Å². The lowest BCUT2D eigenvalue weighted by molar-refractivity contribution is -0.137. The fourth-order valence-electron chi connectivity index (χ4n) is 2.73. The van der Waals surface area contributed by atoms with Gasteiger partial charge in [-0.1, -0.05) is 60.7 Å². The Morgan fingerprint density at radius 3 is 1.86 bits per heavy atom. The molecule has 7 heteroatoms. The molecule has 0 atom stereocenters. The summed E-state index contributed by atoms with van der Waals surface area (Å²) >= 11 is 0. The molecule has 142 valence electrons. The summed E-state index contributed by atoms with van der Waals surface area (Å²) in [5.74, 6) is -1.70. The summed E-state index contributed by atoms with van der Waals surface area (Å²) in [7, 11) is 0. The molecule has 2 amide bonds. The first-order valence-corrected chi connectivity index (χ1v) is 8.29. The highest BCUT2D eigenvalue weighted by Gasteiger charge is 2.36. The number of hydrazine groups is 1. The first-order valence-electron chi connectivity index (χ1n) is 8.29. The van der Waals surface area contributed by atoms with Crippen LogP contribution in [0.25, 0.3) is 11.1 Å². The van der Waals surface area contributed by atoms with Crippen molar-refractivity contribution in [1.82, 2.24) is 10.9 Å². The Labute approximate surface area is 159 Å². The molecule has 0 saturated heterocycles. The number of carbonyl (C=O) groups excluding carboxylic acids is 2. The van der Waals surface area contributed by atoms with Crippen LogP contribution in [0.5, 0.6) is 0 Å². The number of benzene rings is 3. The first kappa shape index (κ1) is 19.2. The molecule has 4 nitrogen and oxygen atoms in total. The van der Waals surface area contributed by atoms with Gasteiger partial charge in [-0.2, -0.15) is 13.2 Å². The zero-order valence-corrected chi connectivity index (χ0v) is 14.5. The molecule has 0 fully saturated rings. The number of hydrogen-bond acceptors (Lipinski definition) is 2. The standard InChI is InChI=1S/C21H15F3N2O2/c22-21(23,24)17-13-7-12-16(14-8-3-1-4-9-14)18(17)20(28)26-25-19(27)15-10-5-2-6-11-15/h1-13H,(H,25,27)(H,26,28). The maximum Gasteiger partial charge on any atom is 0.417 e. The summed E-state index contributed by atoms with van der Waals surface area (Å²) in [4.78, 5) is 24.7. The molecule has 0 aromatic heterocycles. The van der Waals surface area contributed by atoms with E-state index >= 15 is 0 Å². The van der Waals surface area contributed by atoms with Crippen LogP contribution in [0.3, 0.4) is 0 Å². The molecule has 0 spiro atoms. The highest BCUT2D eigenvalue weighted by Crippen LogP contribution is 2.36. The Morgan fingerprint density at radius 1 is 0.679 bits per heavy atom. The first-order chi connectivity index (χ1) is 13.4. The fraction of sp³-hybridized carbons (Fsp3) is 0.0476. The van der Waals surface area contributed by atoms with E-state index in [1.165, 1.54) is 24.3 Å². The average Bonchev–Trinajstić information content (AvgIpc) is 2.72. The number of halogens is 3. The van der Waals surface area contributed by atoms with Crippen molar-refractivity contribution in [2.45, 2.75) is 6.18 Å². The van der Waals surface area contributed by atoms with Crippen molar-refractivity contribution in [2.24, 2.45) is 0 Å². The molecule has 0 aliphatic rings. The van der Waals surface area contributed by atoms with E-state index < -0.39 is 29.1 Å². The second kappa shape index (κ2) is 7.96. The van der Waals surface area contributed by atoms with E-state index in [-0.39, 0.29) is 11.1 Å². The van der Waals surface area contributed by atoms with Crippen molar-refractivity contribution in [3.05, 3.63) is 95.6 Å². The van der Waals surface area contributed by atoms with Crippen LogP contribution in [-0.2, 0) is 6.18 Å². The lowest BCUT2D eigenvalue weighted by Crippen LogP contribution is -2.42. The molecule has 3 rings (SSSR count). The molecule has 28 heavy (non-hydrogen) atoms. The molecular weight excluding hydrogens is 369 g/mol. The van der Waals surface area contributed by atoms with Crippen LogP contribution in [0.4, 0.5) is 13.2 Å². The van der Waals surface area contributed by atoms with Crippen LogP contribution in [0, 0.1) is 0 Å². The minimum atomic E-state index is -4.74. The lowest BCUT2D eigenvalue weighted by Gasteiger charge is -2.17. The summed E-state index contributed by atoms with van der Waals surface area (Å²) in [6.45, 7) is 0. The Hall–Kier alpha value is -3.61. The van der Waals surface area contributed by atoms with Gasteiger partial charge in [-0.3, -0.25) is 20.4 Å². The highest BCUT2D eigenvalue weighted by molar-refractivity contribution is 6.04. The molecule has 0 aliphatic heterocycles. The third-order valence-electron chi connectivity index (χ3n) is 4.01. The topological polar surface area (TPSA) is 58.2 Å².